The van der Waals surface area contributed by atoms with Gasteiger partial charge < -0.3 is 14.1 Å². The monoisotopic (exact) mass is 360 g/mol. The summed E-state index contributed by atoms with van der Waals surface area (Å²) in [5, 5.41) is 4.44. The number of rotatable bonds is 6. The molecule has 0 saturated carbocycles. The molecule has 3 aromatic rings. The van der Waals surface area contributed by atoms with Gasteiger partial charge in [0.25, 0.3) is 4.84 Å². The van der Waals surface area contributed by atoms with Crippen LogP contribution >= 0.6 is 12.2 Å². The van der Waals surface area contributed by atoms with E-state index >= 15 is 0 Å². The quantitative estimate of drug-likeness (QED) is 0.687. The third-order valence-electron chi connectivity index (χ3n) is 3.76. The second-order valence-electron chi connectivity index (χ2n) is 5.82. The first-order valence-corrected chi connectivity index (χ1v) is 8.24. The van der Waals surface area contributed by atoms with Crippen molar-refractivity contribution >= 4 is 12.2 Å². The molecule has 0 radical (unpaired) electrons. The molecule has 0 amide bonds. The van der Waals surface area contributed by atoms with Crippen molar-refractivity contribution in [2.75, 3.05) is 14.2 Å². The fourth-order valence-corrected chi connectivity index (χ4v) is 2.75. The highest BCUT2D eigenvalue weighted by molar-refractivity contribution is 7.71. The molecule has 1 heterocycles. The number of methoxy groups -OCH3 is 1. The van der Waals surface area contributed by atoms with Crippen LogP contribution in [0.3, 0.4) is 0 Å². The maximum absolute atomic E-state index is 13.3. The average Bonchev–Trinajstić information content (AvgIpc) is 2.95. The second-order valence-corrected chi connectivity index (χ2v) is 6.17. The number of aromatic nitrogens is 2. The number of halogens is 1. The minimum Gasteiger partial charge on any atom is -0.497 e. The van der Waals surface area contributed by atoms with E-state index in [1.165, 1.54) is 12.1 Å². The molecule has 1 unspecified atom stereocenters. The largest absolute Gasteiger partial charge is 0.497 e. The number of nitrogens with zero attached hydrogens (tertiary/aromatic N) is 2. The lowest BCUT2D eigenvalue weighted by atomic mass is 10.2. The summed E-state index contributed by atoms with van der Waals surface area (Å²) in [6, 6.07) is 14.0. The van der Waals surface area contributed by atoms with Gasteiger partial charge >= 0.3 is 0 Å². The Morgan fingerprint density at radius 1 is 1.24 bits per heavy atom. The number of nitrogens with one attached hydrogen (secondary N) is 1. The van der Waals surface area contributed by atoms with Gasteiger partial charge in [0.15, 0.2) is 6.67 Å². The van der Waals surface area contributed by atoms with Gasteiger partial charge in [0, 0.05) is 11.1 Å². The lowest BCUT2D eigenvalue weighted by molar-refractivity contribution is -0.917. The van der Waals surface area contributed by atoms with Crippen LogP contribution in [-0.2, 0) is 13.2 Å². The molecule has 1 N–H and O–H groups in total. The van der Waals surface area contributed by atoms with Gasteiger partial charge in [-0.2, -0.15) is 4.68 Å². The SMILES string of the molecule is COc1ccc(-c2nn(C[NH+](C)Cc3cccc(F)c3)c(=S)o2)cc1. The number of hydrogen-bond acceptors (Lipinski definition) is 4. The smallest absolute Gasteiger partial charge is 0.292 e. The molecule has 2 aromatic carbocycles. The molecular formula is C18H19FN3O2S+. The molecule has 130 valence electrons. The Labute approximate surface area is 150 Å². The van der Waals surface area contributed by atoms with Crippen molar-refractivity contribution < 1.29 is 18.4 Å². The average molecular weight is 360 g/mol. The van der Waals surface area contributed by atoms with Gasteiger partial charge in [-0.3, -0.25) is 0 Å². The van der Waals surface area contributed by atoms with Crippen molar-refractivity contribution in [3.05, 3.63) is 64.7 Å². The lowest BCUT2D eigenvalue weighted by Gasteiger charge is -2.13. The molecule has 0 aliphatic rings. The Hall–Kier alpha value is -2.51. The van der Waals surface area contributed by atoms with Crippen molar-refractivity contribution in [3.8, 4) is 17.2 Å². The molecule has 0 spiro atoms. The number of hydrogen-bond donors (Lipinski definition) is 1. The predicted molar refractivity (Wildman–Crippen MR) is 94.3 cm³/mol. The van der Waals surface area contributed by atoms with Crippen LogP contribution in [0.2, 0.25) is 0 Å². The summed E-state index contributed by atoms with van der Waals surface area (Å²) in [6.45, 7) is 1.18. The third-order valence-corrected chi connectivity index (χ3v) is 4.05. The van der Waals surface area contributed by atoms with Crippen LogP contribution in [0.15, 0.2) is 52.9 Å². The van der Waals surface area contributed by atoms with Crippen LogP contribution in [0.5, 0.6) is 5.75 Å². The van der Waals surface area contributed by atoms with Crippen LogP contribution in [0.4, 0.5) is 4.39 Å². The van der Waals surface area contributed by atoms with E-state index < -0.39 is 0 Å². The molecular weight excluding hydrogens is 341 g/mol. The van der Waals surface area contributed by atoms with Crippen LogP contribution in [0, 0.1) is 10.7 Å². The molecule has 0 fully saturated rings. The molecule has 0 aliphatic heterocycles. The molecule has 7 heteroatoms. The van der Waals surface area contributed by atoms with Crippen LogP contribution < -0.4 is 9.64 Å². The van der Waals surface area contributed by atoms with E-state index in [-0.39, 0.29) is 5.82 Å². The van der Waals surface area contributed by atoms with Crippen LogP contribution in [-0.4, -0.2) is 23.9 Å². The first-order chi connectivity index (χ1) is 12.0. The summed E-state index contributed by atoms with van der Waals surface area (Å²) in [5.41, 5.74) is 1.75. The number of ether oxygens (including phenoxy) is 1. The molecule has 0 saturated heterocycles. The first-order valence-electron chi connectivity index (χ1n) is 7.83. The molecule has 1 aromatic heterocycles. The van der Waals surface area contributed by atoms with E-state index in [0.717, 1.165) is 21.8 Å². The van der Waals surface area contributed by atoms with Crippen LogP contribution in [0.1, 0.15) is 5.56 Å². The summed E-state index contributed by atoms with van der Waals surface area (Å²) in [5.74, 6) is 0.998. The Balaban J connectivity index is 1.72. The number of quaternary nitrogens is 1. The maximum Gasteiger partial charge on any atom is 0.292 e. The molecule has 1 atom stereocenters. The summed E-state index contributed by atoms with van der Waals surface area (Å²) >= 11 is 5.26. The van der Waals surface area contributed by atoms with Gasteiger partial charge in [-0.05, 0) is 48.6 Å². The predicted octanol–water partition coefficient (Wildman–Crippen LogP) is 2.69. The Morgan fingerprint density at radius 3 is 2.68 bits per heavy atom. The Kier molecular flexibility index (Phi) is 5.25. The lowest BCUT2D eigenvalue weighted by Crippen LogP contribution is -3.07. The highest BCUT2D eigenvalue weighted by Gasteiger charge is 2.12. The summed E-state index contributed by atoms with van der Waals surface area (Å²) in [4.78, 5) is 1.42. The normalized spacial score (nSPS) is 12.1. The first kappa shape index (κ1) is 17.3. The van der Waals surface area contributed by atoms with Crippen molar-refractivity contribution in [1.82, 2.24) is 9.78 Å². The third kappa shape index (κ3) is 4.32. The highest BCUT2D eigenvalue weighted by atomic mass is 32.1. The van der Waals surface area contributed by atoms with Crippen LogP contribution in [0.25, 0.3) is 11.5 Å². The zero-order valence-corrected chi connectivity index (χ0v) is 14.8. The van der Waals surface area contributed by atoms with Crippen molar-refractivity contribution in [1.29, 1.82) is 0 Å². The van der Waals surface area contributed by atoms with Crippen molar-refractivity contribution in [3.63, 3.8) is 0 Å². The maximum atomic E-state index is 13.3. The minimum atomic E-state index is -0.231. The molecule has 5 nitrogen and oxygen atoms in total. The number of benzene rings is 2. The van der Waals surface area contributed by atoms with E-state index in [9.17, 15) is 4.39 Å². The summed E-state index contributed by atoms with van der Waals surface area (Å²) in [7, 11) is 3.61. The minimum absolute atomic E-state index is 0.231. The van der Waals surface area contributed by atoms with Gasteiger partial charge in [0.1, 0.15) is 18.1 Å². The highest BCUT2D eigenvalue weighted by Crippen LogP contribution is 2.20. The van der Waals surface area contributed by atoms with Gasteiger partial charge in [-0.1, -0.05) is 12.1 Å². The van der Waals surface area contributed by atoms with E-state index in [1.807, 2.05) is 37.4 Å². The fourth-order valence-electron chi connectivity index (χ4n) is 2.56. The van der Waals surface area contributed by atoms with E-state index in [4.69, 9.17) is 21.4 Å². The molecule has 0 bridgehead atoms. The van der Waals surface area contributed by atoms with Gasteiger partial charge in [0.05, 0.1) is 14.2 Å². The van der Waals surface area contributed by atoms with E-state index in [1.54, 1.807) is 17.9 Å². The fraction of sp³-hybridized carbons (Fsp3) is 0.222. The van der Waals surface area contributed by atoms with Gasteiger partial charge in [0.2, 0.25) is 5.89 Å². The zero-order chi connectivity index (χ0) is 17.8. The van der Waals surface area contributed by atoms with Crippen molar-refractivity contribution in [2.24, 2.45) is 0 Å². The topological polar surface area (TPSA) is 44.6 Å². The van der Waals surface area contributed by atoms with Gasteiger partial charge in [-0.25, -0.2) is 4.39 Å². The van der Waals surface area contributed by atoms with Gasteiger partial charge in [-0.15, -0.1) is 5.10 Å². The zero-order valence-electron chi connectivity index (χ0n) is 14.0. The summed E-state index contributed by atoms with van der Waals surface area (Å²) < 4.78 is 25.7. The summed E-state index contributed by atoms with van der Waals surface area (Å²) in [6.07, 6.45) is 0. The van der Waals surface area contributed by atoms with Crippen molar-refractivity contribution in [2.45, 2.75) is 13.2 Å². The van der Waals surface area contributed by atoms with E-state index in [2.05, 4.69) is 5.10 Å². The van der Waals surface area contributed by atoms with E-state index in [0.29, 0.717) is 23.9 Å². The Morgan fingerprint density at radius 2 is 2.00 bits per heavy atom. The molecule has 0 aliphatic carbocycles. The molecule has 3 rings (SSSR count). The molecule has 25 heavy (non-hydrogen) atoms. The Bertz CT molecular complexity index is 905. The second kappa shape index (κ2) is 7.58. The standard InChI is InChI=1S/C18H18FN3O2S/c1-21(11-13-4-3-5-15(19)10-13)12-22-18(25)24-17(20-22)14-6-8-16(23-2)9-7-14/h3-10H,11-12H2,1-2H3/p+1.